The normalized spacial score (nSPS) is 13.3. The number of H-pyrrole nitrogens is 1. The van der Waals surface area contributed by atoms with Gasteiger partial charge in [0.2, 0.25) is 0 Å². The molecule has 1 unspecified atom stereocenters. The molecule has 1 atom stereocenters. The minimum Gasteiger partial charge on any atom is -0.387 e. The van der Waals surface area contributed by atoms with Crippen LogP contribution in [0.25, 0.3) is 0 Å². The smallest absolute Gasteiger partial charge is 0.257 e. The molecule has 20 heavy (non-hydrogen) atoms. The number of aromatic nitrogens is 2. The monoisotopic (exact) mass is 295 g/mol. The van der Waals surface area contributed by atoms with Crippen molar-refractivity contribution in [3.63, 3.8) is 0 Å². The van der Waals surface area contributed by atoms with E-state index < -0.39 is 16.1 Å². The molecule has 2 aromatic rings. The van der Waals surface area contributed by atoms with Crippen LogP contribution < -0.4 is 4.72 Å². The predicted octanol–water partition coefficient (Wildman–Crippen LogP) is 0.984. The van der Waals surface area contributed by atoms with E-state index in [1.807, 2.05) is 13.0 Å². The Morgan fingerprint density at radius 2 is 2.05 bits per heavy atom. The molecule has 2 rings (SSSR count). The second-order valence-corrected chi connectivity index (χ2v) is 6.06. The topological polar surface area (TPSA) is 95.1 Å². The Labute approximate surface area is 117 Å². The fourth-order valence-electron chi connectivity index (χ4n) is 1.72. The summed E-state index contributed by atoms with van der Waals surface area (Å²) in [6.45, 7) is 1.79. The molecule has 108 valence electrons. The minimum absolute atomic E-state index is 0.00890. The summed E-state index contributed by atoms with van der Waals surface area (Å²) in [4.78, 5) is 6.67. The van der Waals surface area contributed by atoms with Crippen LogP contribution in [-0.4, -0.2) is 30.0 Å². The Hall–Kier alpha value is -1.70. The molecule has 0 bridgehead atoms. The Bertz CT molecular complexity index is 653. The highest BCUT2D eigenvalue weighted by molar-refractivity contribution is 7.89. The highest BCUT2D eigenvalue weighted by atomic mass is 32.2. The van der Waals surface area contributed by atoms with Gasteiger partial charge in [0.1, 0.15) is 5.82 Å². The fourth-order valence-corrected chi connectivity index (χ4v) is 2.70. The van der Waals surface area contributed by atoms with Gasteiger partial charge in [-0.25, -0.2) is 18.1 Å². The van der Waals surface area contributed by atoms with Gasteiger partial charge in [-0.2, -0.15) is 0 Å². The lowest BCUT2D eigenvalue weighted by atomic mass is 10.1. The van der Waals surface area contributed by atoms with Crippen molar-refractivity contribution in [2.45, 2.75) is 24.5 Å². The molecule has 0 fully saturated rings. The van der Waals surface area contributed by atoms with E-state index in [0.717, 1.165) is 0 Å². The molecule has 0 saturated heterocycles. The second-order valence-electron chi connectivity index (χ2n) is 4.33. The lowest BCUT2D eigenvalue weighted by molar-refractivity contribution is 0.182. The lowest BCUT2D eigenvalue weighted by Crippen LogP contribution is -2.28. The van der Waals surface area contributed by atoms with Crippen LogP contribution in [0.5, 0.6) is 0 Å². The average molecular weight is 295 g/mol. The Morgan fingerprint density at radius 1 is 1.35 bits per heavy atom. The van der Waals surface area contributed by atoms with Crippen LogP contribution in [0.15, 0.2) is 41.6 Å². The van der Waals surface area contributed by atoms with E-state index in [1.165, 1.54) is 6.20 Å². The van der Waals surface area contributed by atoms with Gasteiger partial charge >= 0.3 is 0 Å². The molecule has 1 heterocycles. The number of aliphatic hydroxyl groups excluding tert-OH is 1. The summed E-state index contributed by atoms with van der Waals surface area (Å²) >= 11 is 0. The molecular formula is C13H17N3O3S. The first kappa shape index (κ1) is 14.7. The number of aryl methyl sites for hydroxylation is 1. The largest absolute Gasteiger partial charge is 0.387 e. The van der Waals surface area contributed by atoms with Crippen molar-refractivity contribution in [3.05, 3.63) is 47.9 Å². The lowest BCUT2D eigenvalue weighted by Gasteiger charge is -2.11. The summed E-state index contributed by atoms with van der Waals surface area (Å²) in [6, 6.07) is 8.89. The van der Waals surface area contributed by atoms with E-state index in [-0.39, 0.29) is 11.6 Å². The van der Waals surface area contributed by atoms with Crippen LogP contribution in [-0.2, 0) is 16.4 Å². The third-order valence-electron chi connectivity index (χ3n) is 2.88. The second kappa shape index (κ2) is 6.17. The first-order valence-corrected chi connectivity index (χ1v) is 7.78. The van der Waals surface area contributed by atoms with Crippen LogP contribution in [0.3, 0.4) is 0 Å². The Kier molecular flexibility index (Phi) is 4.53. The van der Waals surface area contributed by atoms with E-state index in [0.29, 0.717) is 17.8 Å². The van der Waals surface area contributed by atoms with E-state index in [2.05, 4.69) is 14.7 Å². The zero-order valence-electron chi connectivity index (χ0n) is 11.1. The molecule has 7 heteroatoms. The number of rotatable bonds is 6. The molecule has 0 aliphatic heterocycles. The molecule has 3 N–H and O–H groups in total. The molecule has 1 aromatic heterocycles. The summed E-state index contributed by atoms with van der Waals surface area (Å²) in [5.41, 5.74) is 0.661. The van der Waals surface area contributed by atoms with Gasteiger partial charge in [0, 0.05) is 13.0 Å². The number of aromatic amines is 1. The maximum atomic E-state index is 12.0. The molecule has 0 spiro atoms. The summed E-state index contributed by atoms with van der Waals surface area (Å²) in [5.74, 6) is 0.606. The van der Waals surface area contributed by atoms with Crippen molar-refractivity contribution in [2.24, 2.45) is 0 Å². The predicted molar refractivity (Wildman–Crippen MR) is 74.6 cm³/mol. The average Bonchev–Trinajstić information content (AvgIpc) is 2.95. The number of hydrogen-bond donors (Lipinski definition) is 3. The quantitative estimate of drug-likeness (QED) is 0.740. The third kappa shape index (κ3) is 3.44. The highest BCUT2D eigenvalue weighted by Gasteiger charge is 2.18. The van der Waals surface area contributed by atoms with Gasteiger partial charge in [-0.1, -0.05) is 37.3 Å². The van der Waals surface area contributed by atoms with E-state index >= 15 is 0 Å². The minimum atomic E-state index is -3.68. The summed E-state index contributed by atoms with van der Waals surface area (Å²) in [6.07, 6.45) is 1.01. The van der Waals surface area contributed by atoms with Gasteiger partial charge in [-0.05, 0) is 5.56 Å². The molecule has 0 aliphatic rings. The molecule has 0 amide bonds. The summed E-state index contributed by atoms with van der Waals surface area (Å²) in [7, 11) is -3.68. The molecular weight excluding hydrogens is 278 g/mol. The van der Waals surface area contributed by atoms with Crippen LogP contribution in [0.1, 0.15) is 24.4 Å². The SMILES string of the molecule is CCc1ncc(S(=O)(=O)NCC(O)c2ccccc2)[nH]1. The van der Waals surface area contributed by atoms with Crippen LogP contribution in [0, 0.1) is 0 Å². The number of benzene rings is 1. The number of nitrogens with one attached hydrogen (secondary N) is 2. The Balaban J connectivity index is 2.02. The molecule has 6 nitrogen and oxygen atoms in total. The Morgan fingerprint density at radius 3 is 2.65 bits per heavy atom. The van der Waals surface area contributed by atoms with Crippen molar-refractivity contribution < 1.29 is 13.5 Å². The van der Waals surface area contributed by atoms with E-state index in [4.69, 9.17) is 0 Å². The first-order valence-electron chi connectivity index (χ1n) is 6.29. The highest BCUT2D eigenvalue weighted by Crippen LogP contribution is 2.12. The number of aliphatic hydroxyl groups is 1. The van der Waals surface area contributed by atoms with Gasteiger partial charge < -0.3 is 10.1 Å². The van der Waals surface area contributed by atoms with Crippen molar-refractivity contribution in [1.29, 1.82) is 0 Å². The van der Waals surface area contributed by atoms with Crippen LogP contribution >= 0.6 is 0 Å². The molecule has 0 saturated carbocycles. The van der Waals surface area contributed by atoms with Crippen LogP contribution in [0.2, 0.25) is 0 Å². The summed E-state index contributed by atoms with van der Waals surface area (Å²) in [5, 5.41) is 9.94. The van der Waals surface area contributed by atoms with Crippen molar-refractivity contribution in [3.8, 4) is 0 Å². The van der Waals surface area contributed by atoms with Gasteiger partial charge in [-0.15, -0.1) is 0 Å². The third-order valence-corrected chi connectivity index (χ3v) is 4.21. The van der Waals surface area contributed by atoms with Gasteiger partial charge in [0.25, 0.3) is 10.0 Å². The van der Waals surface area contributed by atoms with Gasteiger partial charge in [0.15, 0.2) is 5.03 Å². The van der Waals surface area contributed by atoms with Crippen molar-refractivity contribution in [1.82, 2.24) is 14.7 Å². The number of nitrogens with zero attached hydrogens (tertiary/aromatic N) is 1. The summed E-state index contributed by atoms with van der Waals surface area (Å²) < 4.78 is 26.4. The zero-order chi connectivity index (χ0) is 14.6. The van der Waals surface area contributed by atoms with Crippen molar-refractivity contribution in [2.75, 3.05) is 6.54 Å². The molecule has 0 radical (unpaired) electrons. The molecule has 0 aliphatic carbocycles. The standard InChI is InChI=1S/C13H17N3O3S/c1-2-12-14-9-13(16-12)20(18,19)15-8-11(17)10-6-4-3-5-7-10/h3-7,9,11,15,17H,2,8H2,1H3,(H,14,16). The maximum absolute atomic E-state index is 12.0. The number of imidazole rings is 1. The maximum Gasteiger partial charge on any atom is 0.257 e. The van der Waals surface area contributed by atoms with E-state index in [1.54, 1.807) is 24.3 Å². The number of hydrogen-bond acceptors (Lipinski definition) is 4. The first-order chi connectivity index (χ1) is 9.53. The van der Waals surface area contributed by atoms with E-state index in [9.17, 15) is 13.5 Å². The number of sulfonamides is 1. The van der Waals surface area contributed by atoms with Crippen molar-refractivity contribution >= 4 is 10.0 Å². The van der Waals surface area contributed by atoms with Gasteiger partial charge in [0.05, 0.1) is 12.3 Å². The van der Waals surface area contributed by atoms with Crippen LogP contribution in [0.4, 0.5) is 0 Å². The van der Waals surface area contributed by atoms with Gasteiger partial charge in [-0.3, -0.25) is 0 Å². The fraction of sp³-hybridized carbons (Fsp3) is 0.308. The molecule has 1 aromatic carbocycles. The zero-order valence-corrected chi connectivity index (χ0v) is 11.9.